The summed E-state index contributed by atoms with van der Waals surface area (Å²) in [5.41, 5.74) is 4.55. The molecular weight excluding hydrogens is 375 g/mol. The summed E-state index contributed by atoms with van der Waals surface area (Å²) in [6.07, 6.45) is 0.602. The van der Waals surface area contributed by atoms with E-state index in [1.54, 1.807) is 6.92 Å². The van der Waals surface area contributed by atoms with E-state index >= 15 is 0 Å². The van der Waals surface area contributed by atoms with E-state index in [9.17, 15) is 22.8 Å². The van der Waals surface area contributed by atoms with Crippen molar-refractivity contribution >= 4 is 11.8 Å². The van der Waals surface area contributed by atoms with Crippen molar-refractivity contribution in [1.29, 1.82) is 0 Å². The molecule has 6 nitrogen and oxygen atoms in total. The summed E-state index contributed by atoms with van der Waals surface area (Å²) in [4.78, 5) is 29.1. The Morgan fingerprint density at radius 3 is 2.39 bits per heavy atom. The molecule has 2 aliphatic rings. The quantitative estimate of drug-likeness (QED) is 0.703. The van der Waals surface area contributed by atoms with Gasteiger partial charge in [-0.1, -0.05) is 12.8 Å². The molecule has 0 radical (unpaired) electrons. The van der Waals surface area contributed by atoms with Gasteiger partial charge in [0.25, 0.3) is 5.91 Å². The number of aromatic nitrogens is 1. The summed E-state index contributed by atoms with van der Waals surface area (Å²) >= 11 is 0. The van der Waals surface area contributed by atoms with Crippen molar-refractivity contribution in [2.45, 2.75) is 56.5 Å². The number of carbonyl (C=O) groups is 2. The van der Waals surface area contributed by atoms with Crippen LogP contribution in [0.25, 0.3) is 0 Å². The van der Waals surface area contributed by atoms with Crippen LogP contribution >= 0.6 is 0 Å². The number of ether oxygens (including phenoxy) is 1. The minimum absolute atomic E-state index is 0.00581. The van der Waals surface area contributed by atoms with E-state index in [2.05, 4.69) is 10.3 Å². The fourth-order valence-electron chi connectivity index (χ4n) is 3.69. The number of nitrogens with two attached hydrogens (primary N) is 1. The molecule has 2 amide bonds. The number of rotatable bonds is 8. The van der Waals surface area contributed by atoms with E-state index in [-0.39, 0.29) is 28.8 Å². The van der Waals surface area contributed by atoms with Crippen LogP contribution in [0.15, 0.2) is 6.20 Å². The molecule has 9 heteroatoms. The fourth-order valence-corrected chi connectivity index (χ4v) is 3.69. The molecule has 0 aromatic carbocycles. The second-order valence-corrected chi connectivity index (χ2v) is 7.87. The zero-order valence-electron chi connectivity index (χ0n) is 15.9. The van der Waals surface area contributed by atoms with Crippen LogP contribution in [0.3, 0.4) is 0 Å². The average Bonchev–Trinajstić information content (AvgIpc) is 3.51. The number of nitrogens with one attached hydrogen (secondary N) is 1. The molecular formula is C19H24F3N3O3. The lowest BCUT2D eigenvalue weighted by atomic mass is 9.74. The van der Waals surface area contributed by atoms with Gasteiger partial charge in [-0.15, -0.1) is 0 Å². The molecule has 28 heavy (non-hydrogen) atoms. The number of hydrogen-bond acceptors (Lipinski definition) is 4. The molecule has 2 fully saturated rings. The standard InChI is InChI=1S/C19H24F3N3O3/c1-18(17(27)24-2,7-10-3-4-10)13-14(16(23)26)25-8-12(11-5-6-11)15(13)28-9-19(20,21)22/h8,10-11H,3-7,9H2,1-2H3,(H2,23,26)(H,24,27). The van der Waals surface area contributed by atoms with E-state index in [0.29, 0.717) is 12.0 Å². The first-order chi connectivity index (χ1) is 13.1. The Morgan fingerprint density at radius 1 is 1.29 bits per heavy atom. The summed E-state index contributed by atoms with van der Waals surface area (Å²) in [7, 11) is 1.45. The first kappa shape index (κ1) is 20.4. The molecule has 2 aliphatic carbocycles. The van der Waals surface area contributed by atoms with Crippen LogP contribution in [0.2, 0.25) is 0 Å². The molecule has 0 saturated heterocycles. The second kappa shape index (κ2) is 7.25. The maximum absolute atomic E-state index is 12.9. The Kier molecular flexibility index (Phi) is 5.29. The van der Waals surface area contributed by atoms with Crippen LogP contribution in [-0.2, 0) is 10.2 Å². The summed E-state index contributed by atoms with van der Waals surface area (Å²) < 4.78 is 43.9. The van der Waals surface area contributed by atoms with Crippen LogP contribution in [-0.4, -0.2) is 36.6 Å². The van der Waals surface area contributed by atoms with Gasteiger partial charge in [0.05, 0.1) is 5.41 Å². The lowest BCUT2D eigenvalue weighted by Crippen LogP contribution is -2.43. The number of carbonyl (C=O) groups excluding carboxylic acids is 2. The smallest absolute Gasteiger partial charge is 0.422 e. The first-order valence-corrected chi connectivity index (χ1v) is 9.31. The molecule has 1 atom stereocenters. The number of primary amides is 1. The van der Waals surface area contributed by atoms with Crippen LogP contribution in [0, 0.1) is 5.92 Å². The summed E-state index contributed by atoms with van der Waals surface area (Å²) in [6.45, 7) is 0.0971. The summed E-state index contributed by atoms with van der Waals surface area (Å²) in [5, 5.41) is 2.57. The number of pyridine rings is 1. The van der Waals surface area contributed by atoms with Crippen molar-refractivity contribution in [2.24, 2.45) is 11.7 Å². The summed E-state index contributed by atoms with van der Waals surface area (Å²) in [6, 6.07) is 0. The number of halogens is 3. The third-order valence-corrected chi connectivity index (χ3v) is 5.36. The Bertz CT molecular complexity index is 789. The van der Waals surface area contributed by atoms with Crippen LogP contribution < -0.4 is 15.8 Å². The minimum atomic E-state index is -4.56. The minimum Gasteiger partial charge on any atom is -0.483 e. The van der Waals surface area contributed by atoms with Gasteiger partial charge in [-0.2, -0.15) is 13.2 Å². The highest BCUT2D eigenvalue weighted by Gasteiger charge is 2.46. The van der Waals surface area contributed by atoms with Gasteiger partial charge in [0.1, 0.15) is 11.4 Å². The van der Waals surface area contributed by atoms with Crippen LogP contribution in [0.1, 0.15) is 66.6 Å². The highest BCUT2D eigenvalue weighted by molar-refractivity contribution is 5.98. The van der Waals surface area contributed by atoms with Crippen molar-refractivity contribution in [3.63, 3.8) is 0 Å². The highest BCUT2D eigenvalue weighted by atomic mass is 19.4. The summed E-state index contributed by atoms with van der Waals surface area (Å²) in [5.74, 6) is -1.13. The van der Waals surface area contributed by atoms with Crippen LogP contribution in [0.5, 0.6) is 5.75 Å². The third kappa shape index (κ3) is 4.23. The molecule has 1 aromatic heterocycles. The van der Waals surface area contributed by atoms with Gasteiger partial charge in [-0.3, -0.25) is 14.6 Å². The first-order valence-electron chi connectivity index (χ1n) is 9.31. The van der Waals surface area contributed by atoms with Gasteiger partial charge in [-0.25, -0.2) is 0 Å². The number of likely N-dealkylation sites (N-methyl/N-ethyl adjacent to an activating group) is 1. The van der Waals surface area contributed by atoms with Crippen molar-refractivity contribution in [3.8, 4) is 5.75 Å². The Hall–Kier alpha value is -2.32. The zero-order chi connectivity index (χ0) is 20.7. The van der Waals surface area contributed by atoms with Crippen molar-refractivity contribution in [2.75, 3.05) is 13.7 Å². The molecule has 2 saturated carbocycles. The topological polar surface area (TPSA) is 94.3 Å². The van der Waals surface area contributed by atoms with E-state index < -0.39 is 30.0 Å². The van der Waals surface area contributed by atoms with Gasteiger partial charge in [-0.05, 0) is 38.0 Å². The fraction of sp³-hybridized carbons (Fsp3) is 0.632. The van der Waals surface area contributed by atoms with E-state index in [1.807, 2.05) is 0 Å². The number of alkyl halides is 3. The molecule has 3 rings (SSSR count). The maximum Gasteiger partial charge on any atom is 0.422 e. The Balaban J connectivity index is 2.20. The van der Waals surface area contributed by atoms with Crippen molar-refractivity contribution in [1.82, 2.24) is 10.3 Å². The monoisotopic (exact) mass is 399 g/mol. The zero-order valence-corrected chi connectivity index (χ0v) is 15.9. The molecule has 0 aliphatic heterocycles. The molecule has 0 spiro atoms. The van der Waals surface area contributed by atoms with Crippen LogP contribution in [0.4, 0.5) is 13.2 Å². The average molecular weight is 399 g/mol. The second-order valence-electron chi connectivity index (χ2n) is 7.87. The third-order valence-electron chi connectivity index (χ3n) is 5.36. The molecule has 3 N–H and O–H groups in total. The van der Waals surface area contributed by atoms with Crippen molar-refractivity contribution in [3.05, 3.63) is 23.0 Å². The van der Waals surface area contributed by atoms with Crippen molar-refractivity contribution < 1.29 is 27.5 Å². The van der Waals surface area contributed by atoms with E-state index in [4.69, 9.17) is 10.5 Å². The Morgan fingerprint density at radius 2 is 1.93 bits per heavy atom. The molecule has 154 valence electrons. The lowest BCUT2D eigenvalue weighted by molar-refractivity contribution is -0.153. The Labute approximate surface area is 161 Å². The number of nitrogens with zero attached hydrogens (tertiary/aromatic N) is 1. The predicted molar refractivity (Wildman–Crippen MR) is 95.0 cm³/mol. The molecule has 1 unspecified atom stereocenters. The highest BCUT2D eigenvalue weighted by Crippen LogP contribution is 2.51. The SMILES string of the molecule is CNC(=O)C(C)(CC1CC1)c1c(C(N)=O)ncc(C2CC2)c1OCC(F)(F)F. The van der Waals surface area contributed by atoms with Gasteiger partial charge in [0.2, 0.25) is 5.91 Å². The predicted octanol–water partition coefficient (Wildman–Crippen LogP) is 2.80. The van der Waals surface area contributed by atoms with Gasteiger partial charge < -0.3 is 15.8 Å². The van der Waals surface area contributed by atoms with E-state index in [1.165, 1.54) is 13.2 Å². The maximum atomic E-state index is 12.9. The molecule has 1 heterocycles. The number of hydrogen-bond donors (Lipinski definition) is 2. The normalized spacial score (nSPS) is 19.0. The largest absolute Gasteiger partial charge is 0.483 e. The molecule has 1 aromatic rings. The lowest BCUT2D eigenvalue weighted by Gasteiger charge is -2.32. The van der Waals surface area contributed by atoms with Gasteiger partial charge >= 0.3 is 6.18 Å². The van der Waals surface area contributed by atoms with Gasteiger partial charge in [0, 0.05) is 24.4 Å². The molecule has 0 bridgehead atoms. The number of amides is 2. The van der Waals surface area contributed by atoms with E-state index in [0.717, 1.165) is 25.7 Å². The van der Waals surface area contributed by atoms with Gasteiger partial charge in [0.15, 0.2) is 6.61 Å².